The van der Waals surface area contributed by atoms with Crippen LogP contribution < -0.4 is 0 Å². The normalized spacial score (nSPS) is 10.2. The van der Waals surface area contributed by atoms with E-state index in [4.69, 9.17) is 14.7 Å². The Labute approximate surface area is 132 Å². The Morgan fingerprint density at radius 1 is 0.750 bits per heavy atom. The van der Waals surface area contributed by atoms with Gasteiger partial charge in [-0.2, -0.15) is 0 Å². The van der Waals surface area contributed by atoms with E-state index >= 15 is 0 Å². The SMILES string of the molecule is OP(O)(O)=S.c1ccc([CH2][Zn][CH2]c2ccccc2)cc1. The topological polar surface area (TPSA) is 60.7 Å². The molecule has 0 aromatic heterocycles. The summed E-state index contributed by atoms with van der Waals surface area (Å²) in [5.74, 6) is 0. The van der Waals surface area contributed by atoms with E-state index in [2.05, 4.69) is 72.5 Å². The first kappa shape index (κ1) is 17.6. The first-order valence-electron chi connectivity index (χ1n) is 6.31. The van der Waals surface area contributed by atoms with Crippen LogP contribution in [0.25, 0.3) is 0 Å². The van der Waals surface area contributed by atoms with E-state index in [-0.39, 0.29) is 0 Å². The van der Waals surface area contributed by atoms with Gasteiger partial charge in [0.1, 0.15) is 0 Å². The van der Waals surface area contributed by atoms with Crippen LogP contribution in [-0.2, 0) is 39.0 Å². The fourth-order valence-electron chi connectivity index (χ4n) is 1.79. The molecule has 0 amide bonds. The molecular weight excluding hydrogens is 345 g/mol. The van der Waals surface area contributed by atoms with Crippen LogP contribution in [0, 0.1) is 0 Å². The van der Waals surface area contributed by atoms with Crippen LogP contribution >= 0.6 is 6.72 Å². The van der Waals surface area contributed by atoms with Crippen LogP contribution in [0.3, 0.4) is 0 Å². The molecule has 0 saturated heterocycles. The van der Waals surface area contributed by atoms with Crippen molar-refractivity contribution in [1.29, 1.82) is 0 Å². The molecule has 3 nitrogen and oxygen atoms in total. The molecule has 2 aromatic rings. The van der Waals surface area contributed by atoms with Gasteiger partial charge in [-0.05, 0) is 11.8 Å². The van der Waals surface area contributed by atoms with Gasteiger partial charge in [0.2, 0.25) is 0 Å². The number of benzene rings is 2. The first-order chi connectivity index (χ1) is 9.45. The molecule has 0 aliphatic heterocycles. The molecule has 0 atom stereocenters. The van der Waals surface area contributed by atoms with Crippen molar-refractivity contribution in [1.82, 2.24) is 0 Å². The average Bonchev–Trinajstić information content (AvgIpc) is 2.39. The standard InChI is InChI=1S/2C7H7.H3O3PS.Zn/c2*1-7-5-3-2-4-6-7;1-4(2,3)5;/h2*2-6H,1H2;(H3,1,2,3,5);. The summed E-state index contributed by atoms with van der Waals surface area (Å²) in [7, 11) is 0. The van der Waals surface area contributed by atoms with Crippen LogP contribution in [0.1, 0.15) is 11.1 Å². The van der Waals surface area contributed by atoms with Gasteiger partial charge in [-0.25, -0.2) is 0 Å². The van der Waals surface area contributed by atoms with Crippen LogP contribution in [0.2, 0.25) is 0 Å². The maximum absolute atomic E-state index is 7.56. The zero-order valence-corrected chi connectivity index (χ0v) is 15.8. The molecule has 0 radical (unpaired) electrons. The molecule has 0 bridgehead atoms. The Morgan fingerprint density at radius 3 is 1.35 bits per heavy atom. The Hall–Kier alpha value is -0.407. The van der Waals surface area contributed by atoms with Gasteiger partial charge in [-0.3, -0.25) is 0 Å². The fourth-order valence-corrected chi connectivity index (χ4v) is 5.27. The van der Waals surface area contributed by atoms with Gasteiger partial charge in [0.15, 0.2) is 0 Å². The summed E-state index contributed by atoms with van der Waals surface area (Å²) in [5, 5.41) is 2.73. The molecule has 0 spiro atoms. The van der Waals surface area contributed by atoms with Crippen LogP contribution in [0.4, 0.5) is 0 Å². The zero-order valence-electron chi connectivity index (χ0n) is 11.1. The van der Waals surface area contributed by atoms with E-state index in [0.29, 0.717) is 0 Å². The Kier molecular flexibility index (Phi) is 8.39. The van der Waals surface area contributed by atoms with Crippen molar-refractivity contribution in [2.75, 3.05) is 0 Å². The molecule has 0 unspecified atom stereocenters. The van der Waals surface area contributed by atoms with E-state index in [9.17, 15) is 0 Å². The van der Waals surface area contributed by atoms with Gasteiger partial charge in [-0.1, -0.05) is 0 Å². The van der Waals surface area contributed by atoms with E-state index in [1.54, 1.807) is 0 Å². The number of hydrogen-bond donors (Lipinski definition) is 3. The van der Waals surface area contributed by atoms with Crippen LogP contribution in [-0.4, -0.2) is 14.7 Å². The molecule has 104 valence electrons. The molecule has 0 aliphatic carbocycles. The molecule has 0 saturated carbocycles. The molecular formula is C14H17O3PSZn. The molecule has 2 rings (SSSR count). The predicted molar refractivity (Wildman–Crippen MR) is 81.2 cm³/mol. The second kappa shape index (κ2) is 9.52. The number of rotatable bonds is 4. The van der Waals surface area contributed by atoms with Crippen LogP contribution in [0.15, 0.2) is 60.7 Å². The van der Waals surface area contributed by atoms with Crippen LogP contribution in [0.5, 0.6) is 0 Å². The quantitative estimate of drug-likeness (QED) is 0.579. The molecule has 3 N–H and O–H groups in total. The third-order valence-corrected chi connectivity index (χ3v) is 6.52. The minimum atomic E-state index is -3.81. The molecule has 0 heterocycles. The summed E-state index contributed by atoms with van der Waals surface area (Å²) in [5.41, 5.74) is 3.04. The Morgan fingerprint density at radius 2 is 1.05 bits per heavy atom. The Balaban J connectivity index is 0.000000347. The van der Waals surface area contributed by atoms with Crippen molar-refractivity contribution in [2.45, 2.75) is 10.0 Å². The van der Waals surface area contributed by atoms with Crippen molar-refractivity contribution in [3.8, 4) is 0 Å². The van der Waals surface area contributed by atoms with Gasteiger partial charge >= 0.3 is 106 Å². The summed E-state index contributed by atoms with van der Waals surface area (Å²) in [6, 6.07) is 21.7. The Bertz CT molecular complexity index is 483. The van der Waals surface area contributed by atoms with Gasteiger partial charge < -0.3 is 14.7 Å². The third kappa shape index (κ3) is 10.4. The van der Waals surface area contributed by atoms with E-state index < -0.39 is 23.8 Å². The predicted octanol–water partition coefficient (Wildman–Crippen LogP) is 2.66. The molecule has 2 aromatic carbocycles. The van der Waals surface area contributed by atoms with Gasteiger partial charge in [0.25, 0.3) is 0 Å². The number of hydrogen-bond acceptors (Lipinski definition) is 1. The molecule has 20 heavy (non-hydrogen) atoms. The first-order valence-corrected chi connectivity index (χ1v) is 13.2. The molecule has 6 heteroatoms. The van der Waals surface area contributed by atoms with Crippen molar-refractivity contribution >= 4 is 18.5 Å². The van der Waals surface area contributed by atoms with E-state index in [1.807, 2.05) is 0 Å². The van der Waals surface area contributed by atoms with Crippen molar-refractivity contribution in [3.05, 3.63) is 71.8 Å². The van der Waals surface area contributed by atoms with Crippen molar-refractivity contribution < 1.29 is 31.8 Å². The summed E-state index contributed by atoms with van der Waals surface area (Å²) in [6.07, 6.45) is 0. The molecule has 0 aliphatic rings. The fraction of sp³-hybridized carbons (Fsp3) is 0.143. The molecule has 0 fully saturated rings. The summed E-state index contributed by atoms with van der Waals surface area (Å²) >= 11 is 3.19. The zero-order chi connectivity index (χ0) is 14.8. The van der Waals surface area contributed by atoms with E-state index in [0.717, 1.165) is 0 Å². The average molecular weight is 362 g/mol. The summed E-state index contributed by atoms with van der Waals surface area (Å²) in [4.78, 5) is 22.7. The minimum absolute atomic E-state index is 0.411. The van der Waals surface area contributed by atoms with Gasteiger partial charge in [-0.15, -0.1) is 0 Å². The van der Waals surface area contributed by atoms with Crippen molar-refractivity contribution in [2.24, 2.45) is 0 Å². The monoisotopic (exact) mass is 360 g/mol. The van der Waals surface area contributed by atoms with E-state index in [1.165, 1.54) is 21.2 Å². The second-order valence-electron chi connectivity index (χ2n) is 4.34. The third-order valence-electron chi connectivity index (χ3n) is 2.62. The van der Waals surface area contributed by atoms with Gasteiger partial charge in [0.05, 0.1) is 0 Å². The summed E-state index contributed by atoms with van der Waals surface area (Å²) < 4.78 is 0. The second-order valence-corrected chi connectivity index (χ2v) is 10.4. The van der Waals surface area contributed by atoms with Gasteiger partial charge in [0, 0.05) is 0 Å². The summed E-state index contributed by atoms with van der Waals surface area (Å²) in [6.45, 7) is -3.81. The maximum atomic E-state index is 7.56. The van der Waals surface area contributed by atoms with Crippen molar-refractivity contribution in [3.63, 3.8) is 0 Å².